The van der Waals surface area contributed by atoms with Gasteiger partial charge in [0, 0.05) is 31.4 Å². The summed E-state index contributed by atoms with van der Waals surface area (Å²) in [5.74, 6) is -0.107. The van der Waals surface area contributed by atoms with Crippen LogP contribution in [0, 0.1) is 5.82 Å². The Morgan fingerprint density at radius 3 is 2.64 bits per heavy atom. The highest BCUT2D eigenvalue weighted by Gasteiger charge is 2.32. The Balaban J connectivity index is 1.61. The average Bonchev–Trinajstić information content (AvgIpc) is 3.36. The number of carbonyl (C=O) groups excluding carboxylic acids is 1. The van der Waals surface area contributed by atoms with Crippen molar-refractivity contribution in [1.82, 2.24) is 9.88 Å². The van der Waals surface area contributed by atoms with Crippen molar-refractivity contribution in [3.63, 3.8) is 0 Å². The summed E-state index contributed by atoms with van der Waals surface area (Å²) in [5.41, 5.74) is 1.97. The van der Waals surface area contributed by atoms with Gasteiger partial charge in [-0.05, 0) is 54.7 Å². The van der Waals surface area contributed by atoms with Gasteiger partial charge in [0.2, 0.25) is 5.91 Å². The van der Waals surface area contributed by atoms with E-state index in [0.717, 1.165) is 24.0 Å². The van der Waals surface area contributed by atoms with E-state index in [-0.39, 0.29) is 11.7 Å². The zero-order chi connectivity index (χ0) is 15.4. The summed E-state index contributed by atoms with van der Waals surface area (Å²) >= 11 is 0. The molecule has 0 saturated heterocycles. The van der Waals surface area contributed by atoms with Gasteiger partial charge in [-0.1, -0.05) is 12.1 Å². The number of hydrogen-bond donors (Lipinski definition) is 0. The number of aryl methyl sites for hydroxylation is 1. The largest absolute Gasteiger partial charge is 0.335 e. The molecule has 0 unspecified atom stereocenters. The third kappa shape index (κ3) is 3.91. The average molecular weight is 298 g/mol. The summed E-state index contributed by atoms with van der Waals surface area (Å²) in [6.45, 7) is 0.634. The lowest BCUT2D eigenvalue weighted by Crippen LogP contribution is -2.32. The van der Waals surface area contributed by atoms with Crippen molar-refractivity contribution < 1.29 is 9.18 Å². The number of carbonyl (C=O) groups is 1. The molecule has 0 N–H and O–H groups in total. The van der Waals surface area contributed by atoms with Crippen LogP contribution < -0.4 is 0 Å². The number of rotatable bonds is 6. The molecule has 4 heteroatoms. The molecule has 22 heavy (non-hydrogen) atoms. The van der Waals surface area contributed by atoms with Crippen molar-refractivity contribution in [1.29, 1.82) is 0 Å². The number of benzene rings is 1. The summed E-state index contributed by atoms with van der Waals surface area (Å²) in [4.78, 5) is 18.5. The van der Waals surface area contributed by atoms with Crippen LogP contribution in [0.4, 0.5) is 4.39 Å². The predicted octanol–water partition coefficient (Wildman–Crippen LogP) is 3.34. The van der Waals surface area contributed by atoms with Crippen molar-refractivity contribution in [3.05, 3.63) is 65.7 Å². The molecule has 0 radical (unpaired) electrons. The van der Waals surface area contributed by atoms with Gasteiger partial charge in [-0.15, -0.1) is 0 Å². The molecule has 0 bridgehead atoms. The fourth-order valence-electron chi connectivity index (χ4n) is 2.58. The highest BCUT2D eigenvalue weighted by atomic mass is 19.1. The van der Waals surface area contributed by atoms with Gasteiger partial charge in [0.1, 0.15) is 5.82 Å². The van der Waals surface area contributed by atoms with Crippen LogP contribution in [0.2, 0.25) is 0 Å². The van der Waals surface area contributed by atoms with Gasteiger partial charge >= 0.3 is 0 Å². The Bertz CT molecular complexity index is 641. The first-order valence-electron chi connectivity index (χ1n) is 7.65. The van der Waals surface area contributed by atoms with Crippen LogP contribution in [0.15, 0.2) is 48.8 Å². The van der Waals surface area contributed by atoms with Crippen molar-refractivity contribution >= 4 is 5.91 Å². The minimum absolute atomic E-state index is 0.142. The first-order valence-corrected chi connectivity index (χ1v) is 7.65. The van der Waals surface area contributed by atoms with Gasteiger partial charge < -0.3 is 4.90 Å². The highest BCUT2D eigenvalue weighted by molar-refractivity contribution is 5.77. The molecule has 2 aromatic rings. The molecule has 0 atom stereocenters. The molecule has 3 rings (SSSR count). The fraction of sp³-hybridized carbons (Fsp3) is 0.333. The smallest absolute Gasteiger partial charge is 0.223 e. The Kier molecular flexibility index (Phi) is 4.47. The Morgan fingerprint density at radius 2 is 1.95 bits per heavy atom. The Morgan fingerprint density at radius 1 is 1.18 bits per heavy atom. The van der Waals surface area contributed by atoms with Crippen LogP contribution in [0.5, 0.6) is 0 Å². The van der Waals surface area contributed by atoms with E-state index in [1.54, 1.807) is 18.5 Å². The number of aromatic nitrogens is 1. The van der Waals surface area contributed by atoms with Crippen molar-refractivity contribution in [2.45, 2.75) is 38.3 Å². The minimum Gasteiger partial charge on any atom is -0.335 e. The normalized spacial score (nSPS) is 13.9. The van der Waals surface area contributed by atoms with Crippen LogP contribution >= 0.6 is 0 Å². The van der Waals surface area contributed by atoms with Gasteiger partial charge in [0.25, 0.3) is 0 Å². The number of halogens is 1. The maximum Gasteiger partial charge on any atom is 0.223 e. The number of amides is 1. The quantitative estimate of drug-likeness (QED) is 0.819. The van der Waals surface area contributed by atoms with Gasteiger partial charge in [-0.3, -0.25) is 9.78 Å². The van der Waals surface area contributed by atoms with Crippen LogP contribution in [-0.2, 0) is 17.8 Å². The van der Waals surface area contributed by atoms with Gasteiger partial charge in [-0.25, -0.2) is 4.39 Å². The van der Waals surface area contributed by atoms with E-state index in [1.165, 1.54) is 12.1 Å². The molecule has 1 heterocycles. The standard InChI is InChI=1S/C18H19FN2O/c19-16-3-1-2-14(12-16)4-7-18(22)21(17-5-6-17)13-15-8-10-20-11-9-15/h1-3,8-12,17H,4-7,13H2. The number of nitrogens with zero attached hydrogens (tertiary/aromatic N) is 2. The van der Waals surface area contributed by atoms with E-state index in [2.05, 4.69) is 4.98 Å². The lowest BCUT2D eigenvalue weighted by molar-refractivity contribution is -0.132. The van der Waals surface area contributed by atoms with E-state index < -0.39 is 0 Å². The summed E-state index contributed by atoms with van der Waals surface area (Å²) in [7, 11) is 0. The number of hydrogen-bond acceptors (Lipinski definition) is 2. The molecule has 3 nitrogen and oxygen atoms in total. The van der Waals surface area contributed by atoms with E-state index in [0.29, 0.717) is 25.4 Å². The van der Waals surface area contributed by atoms with Crippen molar-refractivity contribution in [2.75, 3.05) is 0 Å². The second kappa shape index (κ2) is 6.69. The topological polar surface area (TPSA) is 33.2 Å². The second-order valence-corrected chi connectivity index (χ2v) is 5.74. The van der Waals surface area contributed by atoms with Crippen LogP contribution in [0.25, 0.3) is 0 Å². The first-order chi connectivity index (χ1) is 10.7. The number of pyridine rings is 1. The molecule has 1 aromatic heterocycles. The Labute approximate surface area is 129 Å². The minimum atomic E-state index is -0.249. The molecular formula is C18H19FN2O. The van der Waals surface area contributed by atoms with Gasteiger partial charge in [0.15, 0.2) is 0 Å². The maximum atomic E-state index is 13.2. The van der Waals surface area contributed by atoms with E-state index in [4.69, 9.17) is 0 Å². The molecule has 1 aliphatic carbocycles. The molecule has 1 aromatic carbocycles. The zero-order valence-corrected chi connectivity index (χ0v) is 12.4. The van der Waals surface area contributed by atoms with E-state index in [9.17, 15) is 9.18 Å². The van der Waals surface area contributed by atoms with Crippen molar-refractivity contribution in [2.24, 2.45) is 0 Å². The molecular weight excluding hydrogens is 279 g/mol. The van der Waals surface area contributed by atoms with Crippen molar-refractivity contribution in [3.8, 4) is 0 Å². The van der Waals surface area contributed by atoms with E-state index >= 15 is 0 Å². The summed E-state index contributed by atoms with van der Waals surface area (Å²) in [5, 5.41) is 0. The predicted molar refractivity (Wildman–Crippen MR) is 82.5 cm³/mol. The van der Waals surface area contributed by atoms with Crippen LogP contribution in [0.1, 0.15) is 30.4 Å². The first kappa shape index (κ1) is 14.7. The second-order valence-electron chi connectivity index (χ2n) is 5.74. The monoisotopic (exact) mass is 298 g/mol. The molecule has 1 fully saturated rings. The third-order valence-corrected chi connectivity index (χ3v) is 3.93. The summed E-state index contributed by atoms with van der Waals surface area (Å²) < 4.78 is 13.2. The Hall–Kier alpha value is -2.23. The van der Waals surface area contributed by atoms with Crippen LogP contribution in [-0.4, -0.2) is 21.8 Å². The van der Waals surface area contributed by atoms with Gasteiger partial charge in [0.05, 0.1) is 0 Å². The molecule has 114 valence electrons. The SMILES string of the molecule is O=C(CCc1cccc(F)c1)N(Cc1ccncc1)C1CC1. The maximum absolute atomic E-state index is 13.2. The molecule has 0 aliphatic heterocycles. The summed E-state index contributed by atoms with van der Waals surface area (Å²) in [6, 6.07) is 10.7. The lowest BCUT2D eigenvalue weighted by atomic mass is 10.1. The molecule has 1 amide bonds. The molecule has 1 saturated carbocycles. The van der Waals surface area contributed by atoms with Crippen LogP contribution in [0.3, 0.4) is 0 Å². The molecule has 0 spiro atoms. The highest BCUT2D eigenvalue weighted by Crippen LogP contribution is 2.29. The summed E-state index contributed by atoms with van der Waals surface area (Å²) in [6.07, 6.45) is 6.66. The van der Waals surface area contributed by atoms with Gasteiger partial charge in [-0.2, -0.15) is 0 Å². The zero-order valence-electron chi connectivity index (χ0n) is 12.4. The fourth-order valence-corrected chi connectivity index (χ4v) is 2.58. The lowest BCUT2D eigenvalue weighted by Gasteiger charge is -2.22. The van der Waals surface area contributed by atoms with E-state index in [1.807, 2.05) is 23.1 Å². The third-order valence-electron chi connectivity index (χ3n) is 3.93. The molecule has 1 aliphatic rings.